The minimum Gasteiger partial charge on any atom is -0.384 e. The topological polar surface area (TPSA) is 18.5 Å². The van der Waals surface area contributed by atoms with Crippen molar-refractivity contribution in [3.8, 4) is 0 Å². The SMILES string of the molecule is CO[CH]C(COC)(CC1CCCCC1)CC1CCCCC1. The van der Waals surface area contributed by atoms with E-state index in [4.69, 9.17) is 9.47 Å². The van der Waals surface area contributed by atoms with Crippen LogP contribution in [0.2, 0.25) is 0 Å². The van der Waals surface area contributed by atoms with Crippen LogP contribution in [0, 0.1) is 23.9 Å². The molecule has 0 heterocycles. The first-order chi connectivity index (χ1) is 10.3. The fourth-order valence-corrected chi connectivity index (χ4v) is 4.80. The molecular formula is C19H35O2. The Morgan fingerprint density at radius 3 is 1.67 bits per heavy atom. The third kappa shape index (κ3) is 5.56. The van der Waals surface area contributed by atoms with Crippen molar-refractivity contribution in [2.45, 2.75) is 77.0 Å². The van der Waals surface area contributed by atoms with Gasteiger partial charge in [0.15, 0.2) is 0 Å². The van der Waals surface area contributed by atoms with Crippen LogP contribution in [0.25, 0.3) is 0 Å². The summed E-state index contributed by atoms with van der Waals surface area (Å²) in [6.45, 7) is 2.95. The molecule has 2 nitrogen and oxygen atoms in total. The van der Waals surface area contributed by atoms with E-state index < -0.39 is 0 Å². The highest BCUT2D eigenvalue weighted by atomic mass is 16.5. The Hall–Kier alpha value is -0.0800. The zero-order valence-corrected chi connectivity index (χ0v) is 14.2. The van der Waals surface area contributed by atoms with E-state index in [0.717, 1.165) is 18.4 Å². The highest BCUT2D eigenvalue weighted by molar-refractivity contribution is 4.92. The molecule has 0 spiro atoms. The molecule has 0 saturated heterocycles. The van der Waals surface area contributed by atoms with Gasteiger partial charge in [-0.15, -0.1) is 0 Å². The predicted molar refractivity (Wildman–Crippen MR) is 88.0 cm³/mol. The second kappa shape index (κ2) is 9.15. The summed E-state index contributed by atoms with van der Waals surface area (Å²) in [5, 5.41) is 0. The number of hydrogen-bond donors (Lipinski definition) is 0. The van der Waals surface area contributed by atoms with E-state index in [2.05, 4.69) is 6.61 Å². The molecule has 1 radical (unpaired) electrons. The fraction of sp³-hybridized carbons (Fsp3) is 0.947. The van der Waals surface area contributed by atoms with E-state index in [9.17, 15) is 0 Å². The quantitative estimate of drug-likeness (QED) is 0.599. The molecule has 123 valence electrons. The maximum absolute atomic E-state index is 5.63. The molecule has 0 aromatic heterocycles. The maximum atomic E-state index is 5.63. The molecule has 0 aromatic rings. The van der Waals surface area contributed by atoms with Crippen LogP contribution in [0.4, 0.5) is 0 Å². The van der Waals surface area contributed by atoms with E-state index in [0.29, 0.717) is 0 Å². The molecule has 21 heavy (non-hydrogen) atoms. The average molecular weight is 295 g/mol. The van der Waals surface area contributed by atoms with Crippen molar-refractivity contribution in [3.05, 3.63) is 6.61 Å². The van der Waals surface area contributed by atoms with Gasteiger partial charge in [-0.2, -0.15) is 0 Å². The Morgan fingerprint density at radius 1 is 0.810 bits per heavy atom. The first-order valence-corrected chi connectivity index (χ1v) is 9.14. The van der Waals surface area contributed by atoms with Gasteiger partial charge in [0.1, 0.15) is 0 Å². The van der Waals surface area contributed by atoms with E-state index in [-0.39, 0.29) is 5.41 Å². The van der Waals surface area contributed by atoms with Crippen LogP contribution < -0.4 is 0 Å². The first kappa shape index (κ1) is 17.3. The molecular weight excluding hydrogens is 260 g/mol. The molecule has 0 amide bonds. The van der Waals surface area contributed by atoms with Gasteiger partial charge in [-0.1, -0.05) is 64.2 Å². The summed E-state index contributed by atoms with van der Waals surface area (Å²) in [7, 11) is 3.66. The average Bonchev–Trinajstić information content (AvgIpc) is 2.50. The van der Waals surface area contributed by atoms with Crippen molar-refractivity contribution in [2.24, 2.45) is 17.3 Å². The number of rotatable bonds is 8. The highest BCUT2D eigenvalue weighted by Crippen LogP contribution is 2.44. The largest absolute Gasteiger partial charge is 0.384 e. The van der Waals surface area contributed by atoms with Crippen molar-refractivity contribution in [2.75, 3.05) is 20.8 Å². The van der Waals surface area contributed by atoms with Gasteiger partial charge in [0.25, 0.3) is 0 Å². The summed E-state index contributed by atoms with van der Waals surface area (Å²) in [6.07, 6.45) is 16.7. The summed E-state index contributed by atoms with van der Waals surface area (Å²) in [5.74, 6) is 1.76. The molecule has 2 fully saturated rings. The van der Waals surface area contributed by atoms with Crippen LogP contribution in [-0.2, 0) is 9.47 Å². The van der Waals surface area contributed by atoms with E-state index in [1.165, 1.54) is 77.0 Å². The minimum absolute atomic E-state index is 0.146. The molecule has 0 unspecified atom stereocenters. The van der Waals surface area contributed by atoms with Crippen LogP contribution in [0.3, 0.4) is 0 Å². The van der Waals surface area contributed by atoms with Crippen molar-refractivity contribution in [3.63, 3.8) is 0 Å². The molecule has 2 rings (SSSR count). The Balaban J connectivity index is 1.98. The van der Waals surface area contributed by atoms with Crippen molar-refractivity contribution in [1.29, 1.82) is 0 Å². The van der Waals surface area contributed by atoms with Gasteiger partial charge in [0, 0.05) is 19.6 Å². The number of ether oxygens (including phenoxy) is 2. The van der Waals surface area contributed by atoms with Gasteiger partial charge in [0.05, 0.1) is 13.2 Å². The monoisotopic (exact) mass is 295 g/mol. The third-order valence-electron chi connectivity index (χ3n) is 5.64. The smallest absolute Gasteiger partial charge is 0.0917 e. The van der Waals surface area contributed by atoms with Crippen LogP contribution >= 0.6 is 0 Å². The van der Waals surface area contributed by atoms with E-state index in [1.807, 2.05) is 14.2 Å². The summed E-state index contributed by atoms with van der Waals surface area (Å²) >= 11 is 0. The normalized spacial score (nSPS) is 22.6. The highest BCUT2D eigenvalue weighted by Gasteiger charge is 2.37. The summed E-state index contributed by atoms with van der Waals surface area (Å²) < 4.78 is 11.2. The lowest BCUT2D eigenvalue weighted by Gasteiger charge is -2.40. The zero-order chi connectivity index (χ0) is 15.0. The molecule has 2 saturated carbocycles. The molecule has 0 N–H and O–H groups in total. The van der Waals surface area contributed by atoms with Crippen molar-refractivity contribution < 1.29 is 9.47 Å². The van der Waals surface area contributed by atoms with Crippen molar-refractivity contribution in [1.82, 2.24) is 0 Å². The molecule has 0 aromatic carbocycles. The second-order valence-corrected chi connectivity index (χ2v) is 7.57. The van der Waals surface area contributed by atoms with Gasteiger partial charge in [-0.25, -0.2) is 0 Å². The maximum Gasteiger partial charge on any atom is 0.0917 e. The predicted octanol–water partition coefficient (Wildman–Crippen LogP) is 5.37. The Labute approximate surface area is 132 Å². The molecule has 2 aliphatic rings. The standard InChI is InChI=1S/C19H35O2/c1-20-15-19(16-21-2,13-17-9-5-3-6-10-17)14-18-11-7-4-8-12-18/h15,17-18H,3-14,16H2,1-2H3. The van der Waals surface area contributed by atoms with E-state index >= 15 is 0 Å². The van der Waals surface area contributed by atoms with E-state index in [1.54, 1.807) is 0 Å². The Kier molecular flexibility index (Phi) is 7.53. The Morgan fingerprint density at radius 2 is 1.29 bits per heavy atom. The summed E-state index contributed by atoms with van der Waals surface area (Å²) in [4.78, 5) is 0. The molecule has 0 aliphatic heterocycles. The molecule has 2 aliphatic carbocycles. The van der Waals surface area contributed by atoms with Gasteiger partial charge < -0.3 is 9.47 Å². The number of hydrogen-bond acceptors (Lipinski definition) is 2. The molecule has 0 atom stereocenters. The van der Waals surface area contributed by atoms with Crippen LogP contribution in [0.5, 0.6) is 0 Å². The summed E-state index contributed by atoms with van der Waals surface area (Å²) in [5.41, 5.74) is 0.146. The summed E-state index contributed by atoms with van der Waals surface area (Å²) in [6, 6.07) is 0. The van der Waals surface area contributed by atoms with Gasteiger partial charge >= 0.3 is 0 Å². The second-order valence-electron chi connectivity index (χ2n) is 7.57. The minimum atomic E-state index is 0.146. The Bertz CT molecular complexity index is 237. The molecule has 2 heteroatoms. The number of methoxy groups -OCH3 is 2. The van der Waals surface area contributed by atoms with Crippen LogP contribution in [0.15, 0.2) is 0 Å². The van der Waals surface area contributed by atoms with Crippen molar-refractivity contribution >= 4 is 0 Å². The van der Waals surface area contributed by atoms with Gasteiger partial charge in [0.2, 0.25) is 0 Å². The van der Waals surface area contributed by atoms with Crippen LogP contribution in [-0.4, -0.2) is 20.8 Å². The lowest BCUT2D eigenvalue weighted by molar-refractivity contribution is 0.00957. The van der Waals surface area contributed by atoms with Gasteiger partial charge in [-0.05, 0) is 24.7 Å². The first-order valence-electron chi connectivity index (χ1n) is 9.14. The lowest BCUT2D eigenvalue weighted by atomic mass is 9.69. The van der Waals surface area contributed by atoms with Crippen LogP contribution in [0.1, 0.15) is 77.0 Å². The molecule has 0 bridgehead atoms. The third-order valence-corrected chi connectivity index (χ3v) is 5.64. The zero-order valence-electron chi connectivity index (χ0n) is 14.2. The fourth-order valence-electron chi connectivity index (χ4n) is 4.80. The van der Waals surface area contributed by atoms with Gasteiger partial charge in [-0.3, -0.25) is 0 Å². The lowest BCUT2D eigenvalue weighted by Crippen LogP contribution is -2.34.